The molecule has 0 aromatic carbocycles. The number of hydrogen-bond acceptors (Lipinski definition) is 2. The van der Waals surface area contributed by atoms with Crippen molar-refractivity contribution in [3.63, 3.8) is 0 Å². The van der Waals surface area contributed by atoms with Gasteiger partial charge in [0.1, 0.15) is 0 Å². The molecule has 3 nitrogen and oxygen atoms in total. The first-order valence-electron chi connectivity index (χ1n) is 8.31. The van der Waals surface area contributed by atoms with Gasteiger partial charge in [0.25, 0.3) is 0 Å². The number of likely N-dealkylation sites (tertiary alicyclic amines) is 1. The molecule has 2 heterocycles. The molecule has 116 valence electrons. The Balaban J connectivity index is 1.97. The van der Waals surface area contributed by atoms with Crippen molar-refractivity contribution in [3.05, 3.63) is 0 Å². The van der Waals surface area contributed by atoms with E-state index in [1.165, 1.54) is 12.8 Å². The lowest BCUT2D eigenvalue weighted by molar-refractivity contribution is -0.134. The number of nitrogens with zero attached hydrogens (tertiary/aromatic N) is 1. The molecule has 0 aromatic heterocycles. The van der Waals surface area contributed by atoms with E-state index in [0.29, 0.717) is 23.7 Å². The van der Waals surface area contributed by atoms with E-state index in [1.54, 1.807) is 0 Å². The smallest absolute Gasteiger partial charge is 0.222 e. The molecule has 0 saturated carbocycles. The molecular formula is C17H31NO2. The van der Waals surface area contributed by atoms with E-state index in [0.717, 1.165) is 39.0 Å². The van der Waals surface area contributed by atoms with E-state index in [9.17, 15) is 4.79 Å². The molecule has 3 heteroatoms. The van der Waals surface area contributed by atoms with Crippen molar-refractivity contribution >= 4 is 5.91 Å². The number of ether oxygens (including phenoxy) is 1. The largest absolute Gasteiger partial charge is 0.376 e. The van der Waals surface area contributed by atoms with Crippen LogP contribution >= 0.6 is 0 Å². The zero-order valence-electron chi connectivity index (χ0n) is 13.7. The summed E-state index contributed by atoms with van der Waals surface area (Å²) in [5.41, 5.74) is -0.0211. The molecule has 2 aliphatic rings. The Morgan fingerprint density at radius 3 is 2.50 bits per heavy atom. The number of rotatable bonds is 4. The van der Waals surface area contributed by atoms with Crippen LogP contribution in [0.3, 0.4) is 0 Å². The Bertz CT molecular complexity index is 332. The summed E-state index contributed by atoms with van der Waals surface area (Å²) in [6, 6.07) is 0. The van der Waals surface area contributed by atoms with E-state index in [2.05, 4.69) is 32.6 Å². The average Bonchev–Trinajstić information content (AvgIpc) is 2.87. The maximum absolute atomic E-state index is 12.5. The molecule has 0 N–H and O–H groups in total. The van der Waals surface area contributed by atoms with E-state index in [4.69, 9.17) is 4.74 Å². The lowest BCUT2D eigenvalue weighted by Gasteiger charge is -2.40. The molecule has 20 heavy (non-hydrogen) atoms. The Hall–Kier alpha value is -0.570. The Kier molecular flexibility index (Phi) is 5.11. The summed E-state index contributed by atoms with van der Waals surface area (Å²) in [6.07, 6.45) is 5.30. The van der Waals surface area contributed by atoms with Gasteiger partial charge in [-0.15, -0.1) is 0 Å². The van der Waals surface area contributed by atoms with Gasteiger partial charge in [-0.2, -0.15) is 0 Å². The van der Waals surface area contributed by atoms with E-state index in [1.807, 2.05) is 0 Å². The van der Waals surface area contributed by atoms with E-state index >= 15 is 0 Å². The summed E-state index contributed by atoms with van der Waals surface area (Å²) in [6.45, 7) is 11.7. The summed E-state index contributed by atoms with van der Waals surface area (Å²) < 4.78 is 5.83. The van der Waals surface area contributed by atoms with Gasteiger partial charge in [0.15, 0.2) is 0 Å². The van der Waals surface area contributed by atoms with Crippen LogP contribution in [0.25, 0.3) is 0 Å². The molecule has 0 unspecified atom stereocenters. The number of amides is 1. The summed E-state index contributed by atoms with van der Waals surface area (Å²) in [5.74, 6) is 2.09. The SMILES string of the molecule is CC(C)[C@@H](CC(=O)N1CCCC1)[C@@H]1CCOC(C)(C)C1. The van der Waals surface area contributed by atoms with Crippen LogP contribution in [0.15, 0.2) is 0 Å². The maximum Gasteiger partial charge on any atom is 0.222 e. The first-order chi connectivity index (χ1) is 9.39. The minimum absolute atomic E-state index is 0.0211. The van der Waals surface area contributed by atoms with Crippen LogP contribution in [-0.4, -0.2) is 36.1 Å². The van der Waals surface area contributed by atoms with Crippen LogP contribution in [0.2, 0.25) is 0 Å². The predicted octanol–water partition coefficient (Wildman–Crippen LogP) is 3.48. The van der Waals surface area contributed by atoms with Crippen molar-refractivity contribution in [2.75, 3.05) is 19.7 Å². The third-order valence-corrected chi connectivity index (χ3v) is 5.07. The van der Waals surface area contributed by atoms with Gasteiger partial charge in [0.05, 0.1) is 5.60 Å². The molecule has 2 rings (SSSR count). The van der Waals surface area contributed by atoms with Gasteiger partial charge in [-0.1, -0.05) is 13.8 Å². The van der Waals surface area contributed by atoms with Crippen molar-refractivity contribution in [2.24, 2.45) is 17.8 Å². The van der Waals surface area contributed by atoms with Crippen LogP contribution in [0.4, 0.5) is 0 Å². The Morgan fingerprint density at radius 2 is 1.95 bits per heavy atom. The normalized spacial score (nSPS) is 27.9. The lowest BCUT2D eigenvalue weighted by atomic mass is 9.73. The fraction of sp³-hybridized carbons (Fsp3) is 0.941. The maximum atomic E-state index is 12.5. The van der Waals surface area contributed by atoms with Gasteiger partial charge < -0.3 is 9.64 Å². The molecular weight excluding hydrogens is 250 g/mol. The molecule has 2 saturated heterocycles. The number of carbonyl (C=O) groups is 1. The highest BCUT2D eigenvalue weighted by atomic mass is 16.5. The zero-order valence-corrected chi connectivity index (χ0v) is 13.7. The molecule has 2 atom stereocenters. The minimum atomic E-state index is -0.0211. The highest BCUT2D eigenvalue weighted by Crippen LogP contribution is 2.38. The third-order valence-electron chi connectivity index (χ3n) is 5.07. The first kappa shape index (κ1) is 15.8. The molecule has 0 radical (unpaired) electrons. The molecule has 0 spiro atoms. The van der Waals surface area contributed by atoms with Gasteiger partial charge in [-0.3, -0.25) is 4.79 Å². The van der Waals surface area contributed by atoms with Crippen molar-refractivity contribution in [3.8, 4) is 0 Å². The fourth-order valence-corrected chi connectivity index (χ4v) is 3.89. The minimum Gasteiger partial charge on any atom is -0.376 e. The first-order valence-corrected chi connectivity index (χ1v) is 8.31. The van der Waals surface area contributed by atoms with Gasteiger partial charge in [-0.05, 0) is 57.3 Å². The molecule has 0 aromatic rings. The lowest BCUT2D eigenvalue weighted by Crippen LogP contribution is -2.40. The Morgan fingerprint density at radius 1 is 1.30 bits per heavy atom. The standard InChI is InChI=1S/C17H31NO2/c1-13(2)15(11-16(19)18-8-5-6-9-18)14-7-10-20-17(3,4)12-14/h13-15H,5-12H2,1-4H3/t14-,15-/m1/s1. The molecule has 1 amide bonds. The third kappa shape index (κ3) is 3.97. The average molecular weight is 281 g/mol. The number of carbonyl (C=O) groups excluding carboxylic acids is 1. The highest BCUT2D eigenvalue weighted by Gasteiger charge is 2.36. The summed E-state index contributed by atoms with van der Waals surface area (Å²) in [7, 11) is 0. The summed E-state index contributed by atoms with van der Waals surface area (Å²) in [4.78, 5) is 14.5. The van der Waals surface area contributed by atoms with Crippen molar-refractivity contribution in [1.82, 2.24) is 4.90 Å². The second kappa shape index (κ2) is 6.46. The van der Waals surface area contributed by atoms with Crippen molar-refractivity contribution < 1.29 is 9.53 Å². The van der Waals surface area contributed by atoms with Crippen molar-refractivity contribution in [2.45, 2.75) is 65.4 Å². The zero-order chi connectivity index (χ0) is 14.8. The van der Waals surface area contributed by atoms with Crippen LogP contribution < -0.4 is 0 Å². The van der Waals surface area contributed by atoms with Crippen molar-refractivity contribution in [1.29, 1.82) is 0 Å². The van der Waals surface area contributed by atoms with Crippen LogP contribution in [0.1, 0.15) is 59.8 Å². The Labute approximate surface area is 124 Å². The summed E-state index contributed by atoms with van der Waals surface area (Å²) >= 11 is 0. The number of hydrogen-bond donors (Lipinski definition) is 0. The van der Waals surface area contributed by atoms with E-state index in [-0.39, 0.29) is 5.60 Å². The second-order valence-electron chi connectivity index (χ2n) is 7.56. The van der Waals surface area contributed by atoms with Gasteiger partial charge in [-0.25, -0.2) is 0 Å². The quantitative estimate of drug-likeness (QED) is 0.789. The second-order valence-corrected chi connectivity index (χ2v) is 7.56. The monoisotopic (exact) mass is 281 g/mol. The molecule has 0 bridgehead atoms. The van der Waals surface area contributed by atoms with Gasteiger partial charge in [0, 0.05) is 26.1 Å². The van der Waals surface area contributed by atoms with Gasteiger partial charge in [0.2, 0.25) is 5.91 Å². The van der Waals surface area contributed by atoms with Crippen LogP contribution in [0, 0.1) is 17.8 Å². The summed E-state index contributed by atoms with van der Waals surface area (Å²) in [5, 5.41) is 0. The van der Waals surface area contributed by atoms with E-state index < -0.39 is 0 Å². The fourth-order valence-electron chi connectivity index (χ4n) is 3.89. The van der Waals surface area contributed by atoms with Crippen LogP contribution in [0.5, 0.6) is 0 Å². The molecule has 2 aliphatic heterocycles. The van der Waals surface area contributed by atoms with Gasteiger partial charge >= 0.3 is 0 Å². The molecule has 2 fully saturated rings. The van der Waals surface area contributed by atoms with Crippen LogP contribution in [-0.2, 0) is 9.53 Å². The highest BCUT2D eigenvalue weighted by molar-refractivity contribution is 5.76. The topological polar surface area (TPSA) is 29.5 Å². The molecule has 0 aliphatic carbocycles. The predicted molar refractivity (Wildman–Crippen MR) is 81.5 cm³/mol.